The molecule has 1 aromatic carbocycles. The SMILES string of the molecule is Cc1cc(C(C)(C)C)c(O)cc1/C=C/CN. The Labute approximate surface area is 97.8 Å². The lowest BCUT2D eigenvalue weighted by Crippen LogP contribution is -2.11. The van der Waals surface area contributed by atoms with Crippen LogP contribution >= 0.6 is 0 Å². The van der Waals surface area contributed by atoms with Gasteiger partial charge in [0.15, 0.2) is 0 Å². The number of aryl methyl sites for hydroxylation is 1. The van der Waals surface area contributed by atoms with Crippen LogP contribution in [0.15, 0.2) is 18.2 Å². The topological polar surface area (TPSA) is 46.2 Å². The van der Waals surface area contributed by atoms with E-state index in [0.717, 1.165) is 16.7 Å². The predicted molar refractivity (Wildman–Crippen MR) is 69.6 cm³/mol. The zero-order valence-electron chi connectivity index (χ0n) is 10.5. The third kappa shape index (κ3) is 2.86. The number of nitrogens with two attached hydrogens (primary N) is 1. The minimum Gasteiger partial charge on any atom is -0.508 e. The van der Waals surface area contributed by atoms with Gasteiger partial charge < -0.3 is 10.8 Å². The summed E-state index contributed by atoms with van der Waals surface area (Å²) in [6.07, 6.45) is 3.83. The largest absolute Gasteiger partial charge is 0.508 e. The third-order valence-electron chi connectivity index (χ3n) is 2.63. The lowest BCUT2D eigenvalue weighted by molar-refractivity contribution is 0.446. The van der Waals surface area contributed by atoms with Gasteiger partial charge in [-0.3, -0.25) is 0 Å². The number of hydrogen-bond donors (Lipinski definition) is 2. The molecule has 2 heteroatoms. The highest BCUT2D eigenvalue weighted by Crippen LogP contribution is 2.33. The van der Waals surface area contributed by atoms with Gasteiger partial charge >= 0.3 is 0 Å². The van der Waals surface area contributed by atoms with Crippen LogP contribution in [0.4, 0.5) is 0 Å². The molecule has 0 fully saturated rings. The zero-order valence-corrected chi connectivity index (χ0v) is 10.5. The van der Waals surface area contributed by atoms with E-state index in [0.29, 0.717) is 12.3 Å². The lowest BCUT2D eigenvalue weighted by Gasteiger charge is -2.21. The summed E-state index contributed by atoms with van der Waals surface area (Å²) in [4.78, 5) is 0. The molecule has 0 radical (unpaired) electrons. The maximum absolute atomic E-state index is 9.99. The van der Waals surface area contributed by atoms with Crippen molar-refractivity contribution in [2.45, 2.75) is 33.1 Å². The van der Waals surface area contributed by atoms with Crippen LogP contribution in [0.25, 0.3) is 6.08 Å². The molecule has 2 nitrogen and oxygen atoms in total. The van der Waals surface area contributed by atoms with Crippen molar-refractivity contribution in [3.05, 3.63) is 34.9 Å². The Bertz CT molecular complexity index is 400. The van der Waals surface area contributed by atoms with E-state index in [1.54, 1.807) is 0 Å². The number of aromatic hydroxyl groups is 1. The second kappa shape index (κ2) is 4.71. The van der Waals surface area contributed by atoms with Crippen LogP contribution in [0.1, 0.15) is 37.5 Å². The Morgan fingerprint density at radius 1 is 1.31 bits per heavy atom. The predicted octanol–water partition coefficient (Wildman–Crippen LogP) is 2.97. The average Bonchev–Trinajstić information content (AvgIpc) is 2.17. The van der Waals surface area contributed by atoms with Gasteiger partial charge in [0, 0.05) is 6.54 Å². The maximum atomic E-state index is 9.99. The molecule has 0 aliphatic carbocycles. The Morgan fingerprint density at radius 2 is 1.94 bits per heavy atom. The lowest BCUT2D eigenvalue weighted by atomic mass is 9.84. The summed E-state index contributed by atoms with van der Waals surface area (Å²) in [5.41, 5.74) is 8.54. The van der Waals surface area contributed by atoms with Crippen LogP contribution in [0.2, 0.25) is 0 Å². The van der Waals surface area contributed by atoms with Gasteiger partial charge in [-0.05, 0) is 35.1 Å². The number of phenols is 1. The molecule has 0 aliphatic rings. The zero-order chi connectivity index (χ0) is 12.3. The van der Waals surface area contributed by atoms with Crippen molar-refractivity contribution in [1.29, 1.82) is 0 Å². The summed E-state index contributed by atoms with van der Waals surface area (Å²) < 4.78 is 0. The molecule has 0 saturated heterocycles. The van der Waals surface area contributed by atoms with Gasteiger partial charge in [0.05, 0.1) is 0 Å². The van der Waals surface area contributed by atoms with E-state index < -0.39 is 0 Å². The van der Waals surface area contributed by atoms with E-state index >= 15 is 0 Å². The first-order valence-electron chi connectivity index (χ1n) is 5.57. The molecule has 0 atom stereocenters. The number of phenolic OH excluding ortho intramolecular Hbond substituents is 1. The van der Waals surface area contributed by atoms with E-state index in [2.05, 4.69) is 20.8 Å². The fourth-order valence-corrected chi connectivity index (χ4v) is 1.69. The van der Waals surface area contributed by atoms with E-state index in [-0.39, 0.29) is 5.41 Å². The van der Waals surface area contributed by atoms with Crippen molar-refractivity contribution in [1.82, 2.24) is 0 Å². The first-order valence-corrected chi connectivity index (χ1v) is 5.57. The average molecular weight is 219 g/mol. The van der Waals surface area contributed by atoms with Crippen molar-refractivity contribution in [3.8, 4) is 5.75 Å². The van der Waals surface area contributed by atoms with Crippen LogP contribution < -0.4 is 5.73 Å². The Kier molecular flexibility index (Phi) is 3.76. The molecule has 0 aliphatic heterocycles. The summed E-state index contributed by atoms with van der Waals surface area (Å²) in [7, 11) is 0. The molecule has 1 aromatic rings. The van der Waals surface area contributed by atoms with Crippen LogP contribution in [0, 0.1) is 6.92 Å². The highest BCUT2D eigenvalue weighted by Gasteiger charge is 2.18. The molecule has 0 bridgehead atoms. The van der Waals surface area contributed by atoms with Crippen LogP contribution in [0.5, 0.6) is 5.75 Å². The normalized spacial score (nSPS) is 12.3. The highest BCUT2D eigenvalue weighted by molar-refractivity contribution is 5.58. The summed E-state index contributed by atoms with van der Waals surface area (Å²) in [6.45, 7) is 8.84. The Balaban J connectivity index is 3.22. The van der Waals surface area contributed by atoms with Crippen LogP contribution in [-0.4, -0.2) is 11.7 Å². The van der Waals surface area contributed by atoms with E-state index in [1.165, 1.54) is 0 Å². The van der Waals surface area contributed by atoms with E-state index in [1.807, 2.05) is 31.2 Å². The summed E-state index contributed by atoms with van der Waals surface area (Å²) in [6, 6.07) is 3.85. The van der Waals surface area contributed by atoms with Crippen molar-refractivity contribution in [2.75, 3.05) is 6.54 Å². The van der Waals surface area contributed by atoms with Gasteiger partial charge in [-0.2, -0.15) is 0 Å². The molecule has 3 N–H and O–H groups in total. The molecule has 0 spiro atoms. The van der Waals surface area contributed by atoms with Crippen molar-refractivity contribution >= 4 is 6.08 Å². The van der Waals surface area contributed by atoms with Gasteiger partial charge in [-0.25, -0.2) is 0 Å². The van der Waals surface area contributed by atoms with Crippen molar-refractivity contribution < 1.29 is 5.11 Å². The van der Waals surface area contributed by atoms with Crippen LogP contribution in [0.3, 0.4) is 0 Å². The fraction of sp³-hybridized carbons (Fsp3) is 0.429. The monoisotopic (exact) mass is 219 g/mol. The second-order valence-electron chi connectivity index (χ2n) is 5.11. The molecule has 0 aromatic heterocycles. The molecular weight excluding hydrogens is 198 g/mol. The quantitative estimate of drug-likeness (QED) is 0.803. The van der Waals surface area contributed by atoms with E-state index in [9.17, 15) is 5.11 Å². The maximum Gasteiger partial charge on any atom is 0.119 e. The molecule has 0 amide bonds. The molecule has 0 heterocycles. The summed E-state index contributed by atoms with van der Waals surface area (Å²) in [5, 5.41) is 9.99. The summed E-state index contributed by atoms with van der Waals surface area (Å²) in [5.74, 6) is 0.356. The molecule has 0 saturated carbocycles. The number of benzene rings is 1. The second-order valence-corrected chi connectivity index (χ2v) is 5.11. The van der Waals surface area contributed by atoms with Crippen molar-refractivity contribution in [2.24, 2.45) is 5.73 Å². The van der Waals surface area contributed by atoms with Crippen molar-refractivity contribution in [3.63, 3.8) is 0 Å². The molecule has 1 rings (SSSR count). The number of hydrogen-bond acceptors (Lipinski definition) is 2. The molecule has 0 unspecified atom stereocenters. The van der Waals surface area contributed by atoms with Crippen LogP contribution in [-0.2, 0) is 5.41 Å². The third-order valence-corrected chi connectivity index (χ3v) is 2.63. The number of rotatable bonds is 2. The van der Waals surface area contributed by atoms with Gasteiger partial charge in [0.1, 0.15) is 5.75 Å². The van der Waals surface area contributed by atoms with Gasteiger partial charge in [-0.1, -0.05) is 39.0 Å². The first-order chi connectivity index (χ1) is 7.36. The highest BCUT2D eigenvalue weighted by atomic mass is 16.3. The minimum atomic E-state index is -0.0368. The fourth-order valence-electron chi connectivity index (χ4n) is 1.69. The first kappa shape index (κ1) is 12.8. The summed E-state index contributed by atoms with van der Waals surface area (Å²) >= 11 is 0. The van der Waals surface area contributed by atoms with Gasteiger partial charge in [-0.15, -0.1) is 0 Å². The molecular formula is C14H21NO. The van der Waals surface area contributed by atoms with Gasteiger partial charge in [0.25, 0.3) is 0 Å². The molecule has 88 valence electrons. The minimum absolute atomic E-state index is 0.0368. The molecule has 16 heavy (non-hydrogen) atoms. The van der Waals surface area contributed by atoms with E-state index in [4.69, 9.17) is 5.73 Å². The Morgan fingerprint density at radius 3 is 2.44 bits per heavy atom. The van der Waals surface area contributed by atoms with Gasteiger partial charge in [0.2, 0.25) is 0 Å². The standard InChI is InChI=1S/C14H21NO/c1-10-8-12(14(2,3)4)13(16)9-11(10)6-5-7-15/h5-6,8-9,16H,7,15H2,1-4H3/b6-5+. The Hall–Kier alpha value is -1.28. The smallest absolute Gasteiger partial charge is 0.119 e.